The van der Waals surface area contributed by atoms with Crippen LogP contribution in [0.25, 0.3) is 0 Å². The summed E-state index contributed by atoms with van der Waals surface area (Å²) in [4.78, 5) is 33.2. The number of carbonyl (C=O) groups excluding carboxylic acids is 1. The van der Waals surface area contributed by atoms with Crippen LogP contribution >= 0.6 is 23.8 Å². The van der Waals surface area contributed by atoms with Gasteiger partial charge in [0.1, 0.15) is 5.02 Å². The molecule has 0 aromatic heterocycles. The van der Waals surface area contributed by atoms with Crippen LogP contribution in [0.4, 0.5) is 11.4 Å². The molecule has 0 aliphatic rings. The monoisotopic (exact) mass is 379 g/mol. The van der Waals surface area contributed by atoms with Gasteiger partial charge in [0.2, 0.25) is 0 Å². The van der Waals surface area contributed by atoms with E-state index in [2.05, 4.69) is 10.6 Å². The Morgan fingerprint density at radius 1 is 1.16 bits per heavy atom. The molecule has 0 bridgehead atoms. The number of rotatable bonds is 4. The summed E-state index contributed by atoms with van der Waals surface area (Å²) in [7, 11) is 0. The minimum atomic E-state index is -1.10. The third-order valence-corrected chi connectivity index (χ3v) is 3.52. The predicted octanol–water partition coefficient (Wildman–Crippen LogP) is 3.07. The summed E-state index contributed by atoms with van der Waals surface area (Å²) in [6, 6.07) is 9.41. The molecule has 0 heterocycles. The van der Waals surface area contributed by atoms with Gasteiger partial charge in [-0.25, -0.2) is 4.79 Å². The van der Waals surface area contributed by atoms with E-state index in [-0.39, 0.29) is 21.3 Å². The number of carboxylic acids is 1. The molecule has 1 amide bonds. The number of aromatic carboxylic acids is 1. The predicted molar refractivity (Wildman–Crippen MR) is 95.2 cm³/mol. The zero-order valence-corrected chi connectivity index (χ0v) is 13.9. The van der Waals surface area contributed by atoms with Crippen molar-refractivity contribution < 1.29 is 19.6 Å². The Morgan fingerprint density at radius 3 is 2.52 bits per heavy atom. The fourth-order valence-corrected chi connectivity index (χ4v) is 2.26. The molecule has 0 spiro atoms. The van der Waals surface area contributed by atoms with Crippen LogP contribution in [0, 0.1) is 10.1 Å². The van der Waals surface area contributed by atoms with Crippen LogP contribution in [-0.4, -0.2) is 27.0 Å². The summed E-state index contributed by atoms with van der Waals surface area (Å²) in [5.41, 5.74) is 0.0154. The van der Waals surface area contributed by atoms with Crippen molar-refractivity contribution in [2.24, 2.45) is 0 Å². The van der Waals surface area contributed by atoms with Crippen molar-refractivity contribution in [1.82, 2.24) is 5.32 Å². The summed E-state index contributed by atoms with van der Waals surface area (Å²) < 4.78 is 0. The SMILES string of the molecule is O=C(O)c1cccc(NC(=S)NC(=O)c2ccc(Cl)c([N+](=O)[O-])c2)c1. The third-order valence-electron chi connectivity index (χ3n) is 3.00. The lowest BCUT2D eigenvalue weighted by molar-refractivity contribution is -0.384. The summed E-state index contributed by atoms with van der Waals surface area (Å²) >= 11 is 10.7. The second kappa shape index (κ2) is 7.69. The molecular weight excluding hydrogens is 370 g/mol. The van der Waals surface area contributed by atoms with Crippen molar-refractivity contribution in [3.05, 3.63) is 68.7 Å². The quantitative estimate of drug-likeness (QED) is 0.424. The molecule has 8 nitrogen and oxygen atoms in total. The molecule has 0 radical (unpaired) electrons. The topological polar surface area (TPSA) is 122 Å². The van der Waals surface area contributed by atoms with E-state index in [1.165, 1.54) is 30.3 Å². The smallest absolute Gasteiger partial charge is 0.335 e. The van der Waals surface area contributed by atoms with E-state index in [1.807, 2.05) is 0 Å². The first-order valence-electron chi connectivity index (χ1n) is 6.67. The molecule has 10 heteroatoms. The highest BCUT2D eigenvalue weighted by atomic mass is 35.5. The molecule has 0 unspecified atom stereocenters. The van der Waals surface area contributed by atoms with Gasteiger partial charge in [-0.1, -0.05) is 17.7 Å². The molecule has 128 valence electrons. The van der Waals surface area contributed by atoms with E-state index in [9.17, 15) is 19.7 Å². The van der Waals surface area contributed by atoms with Crippen molar-refractivity contribution in [3.63, 3.8) is 0 Å². The van der Waals surface area contributed by atoms with Crippen LogP contribution in [0.15, 0.2) is 42.5 Å². The van der Waals surface area contributed by atoms with Gasteiger partial charge in [-0.05, 0) is 42.5 Å². The van der Waals surface area contributed by atoms with Gasteiger partial charge in [0.25, 0.3) is 11.6 Å². The van der Waals surface area contributed by atoms with Crippen molar-refractivity contribution in [2.45, 2.75) is 0 Å². The Kier molecular flexibility index (Phi) is 5.63. The summed E-state index contributed by atoms with van der Waals surface area (Å²) in [6.45, 7) is 0. The van der Waals surface area contributed by atoms with Crippen LogP contribution in [-0.2, 0) is 0 Å². The number of nitrogens with one attached hydrogen (secondary N) is 2. The largest absolute Gasteiger partial charge is 0.478 e. The maximum Gasteiger partial charge on any atom is 0.335 e. The zero-order valence-electron chi connectivity index (χ0n) is 12.4. The van der Waals surface area contributed by atoms with Crippen molar-refractivity contribution in [3.8, 4) is 0 Å². The lowest BCUT2D eigenvalue weighted by atomic mass is 10.2. The molecule has 2 rings (SSSR count). The zero-order chi connectivity index (χ0) is 18.6. The maximum absolute atomic E-state index is 12.1. The number of hydrogen-bond acceptors (Lipinski definition) is 5. The third kappa shape index (κ3) is 4.72. The Balaban J connectivity index is 2.09. The molecule has 2 aromatic carbocycles. The maximum atomic E-state index is 12.1. The normalized spacial score (nSPS) is 9.96. The Morgan fingerprint density at radius 2 is 1.88 bits per heavy atom. The summed E-state index contributed by atoms with van der Waals surface area (Å²) in [6.07, 6.45) is 0. The lowest BCUT2D eigenvalue weighted by Crippen LogP contribution is -2.34. The highest BCUT2D eigenvalue weighted by Gasteiger charge is 2.17. The molecule has 0 saturated heterocycles. The summed E-state index contributed by atoms with van der Waals surface area (Å²) in [5, 5.41) is 24.6. The first-order valence-corrected chi connectivity index (χ1v) is 7.46. The molecule has 0 atom stereocenters. The van der Waals surface area contributed by atoms with Crippen LogP contribution in [0.2, 0.25) is 5.02 Å². The molecule has 25 heavy (non-hydrogen) atoms. The van der Waals surface area contributed by atoms with E-state index in [4.69, 9.17) is 28.9 Å². The molecular formula is C15H10ClN3O5S. The number of halogens is 1. The Labute approximate surface area is 151 Å². The number of nitrogens with zero attached hydrogens (tertiary/aromatic N) is 1. The van der Waals surface area contributed by atoms with Crippen LogP contribution < -0.4 is 10.6 Å². The van der Waals surface area contributed by atoms with E-state index < -0.39 is 22.5 Å². The number of nitro groups is 1. The highest BCUT2D eigenvalue weighted by Crippen LogP contribution is 2.25. The second-order valence-corrected chi connectivity index (χ2v) is 5.53. The minimum absolute atomic E-state index is 0.000429. The van der Waals surface area contributed by atoms with Crippen molar-refractivity contribution in [1.29, 1.82) is 0 Å². The fraction of sp³-hybridized carbons (Fsp3) is 0. The van der Waals surface area contributed by atoms with Crippen molar-refractivity contribution >= 4 is 52.2 Å². The van der Waals surface area contributed by atoms with E-state index >= 15 is 0 Å². The number of nitro benzene ring substituents is 1. The number of thiocarbonyl (C=S) groups is 1. The summed E-state index contributed by atoms with van der Waals surface area (Å²) in [5.74, 6) is -1.78. The molecule has 2 aromatic rings. The fourth-order valence-electron chi connectivity index (χ4n) is 1.86. The average molecular weight is 380 g/mol. The Bertz CT molecular complexity index is 887. The first-order chi connectivity index (χ1) is 11.8. The van der Waals surface area contributed by atoms with Gasteiger partial charge in [-0.15, -0.1) is 0 Å². The van der Waals surface area contributed by atoms with E-state index in [0.717, 1.165) is 6.07 Å². The molecule has 3 N–H and O–H groups in total. The van der Waals surface area contributed by atoms with Gasteiger partial charge >= 0.3 is 5.97 Å². The first kappa shape index (κ1) is 18.3. The van der Waals surface area contributed by atoms with Gasteiger partial charge in [0.05, 0.1) is 10.5 Å². The molecule has 0 aliphatic heterocycles. The molecule has 0 fully saturated rings. The molecule has 0 saturated carbocycles. The number of anilines is 1. The van der Waals surface area contributed by atoms with E-state index in [0.29, 0.717) is 5.69 Å². The number of amides is 1. The van der Waals surface area contributed by atoms with Gasteiger partial charge in [0, 0.05) is 17.3 Å². The van der Waals surface area contributed by atoms with Gasteiger partial charge in [-0.2, -0.15) is 0 Å². The van der Waals surface area contributed by atoms with Gasteiger partial charge < -0.3 is 10.4 Å². The van der Waals surface area contributed by atoms with Crippen LogP contribution in [0.1, 0.15) is 20.7 Å². The van der Waals surface area contributed by atoms with Crippen LogP contribution in [0.5, 0.6) is 0 Å². The average Bonchev–Trinajstić information content (AvgIpc) is 2.54. The highest BCUT2D eigenvalue weighted by molar-refractivity contribution is 7.80. The Hall–Kier alpha value is -3.04. The van der Waals surface area contributed by atoms with E-state index in [1.54, 1.807) is 6.07 Å². The lowest BCUT2D eigenvalue weighted by Gasteiger charge is -2.10. The van der Waals surface area contributed by atoms with Gasteiger partial charge in [-0.3, -0.25) is 20.2 Å². The second-order valence-electron chi connectivity index (χ2n) is 4.72. The van der Waals surface area contributed by atoms with Crippen LogP contribution in [0.3, 0.4) is 0 Å². The number of carbonyl (C=O) groups is 2. The van der Waals surface area contributed by atoms with Gasteiger partial charge in [0.15, 0.2) is 5.11 Å². The number of hydrogen-bond donors (Lipinski definition) is 3. The molecule has 0 aliphatic carbocycles. The number of carboxylic acid groups (broad SMARTS) is 1. The number of benzene rings is 2. The standard InChI is InChI=1S/C15H10ClN3O5S/c16-11-5-4-8(7-12(11)19(23)24)13(20)18-15(25)17-10-3-1-2-9(6-10)14(21)22/h1-7H,(H,21,22)(H2,17,18,20,25). The van der Waals surface area contributed by atoms with Crippen molar-refractivity contribution in [2.75, 3.05) is 5.32 Å². The minimum Gasteiger partial charge on any atom is -0.478 e.